The predicted molar refractivity (Wildman–Crippen MR) is 93.6 cm³/mol. The topological polar surface area (TPSA) is 72.9 Å². The fourth-order valence-electron chi connectivity index (χ4n) is 2.85. The van der Waals surface area contributed by atoms with Crippen molar-refractivity contribution in [1.29, 1.82) is 0 Å². The van der Waals surface area contributed by atoms with Gasteiger partial charge in [0.2, 0.25) is 5.91 Å². The van der Waals surface area contributed by atoms with Crippen molar-refractivity contribution in [3.05, 3.63) is 18.2 Å². The molecule has 5 nitrogen and oxygen atoms in total. The Morgan fingerprint density at radius 1 is 1.41 bits per heavy atom. The summed E-state index contributed by atoms with van der Waals surface area (Å²) in [4.78, 5) is 16.4. The monoisotopic (exact) mass is 350 g/mol. The number of amides is 1. The Morgan fingerprint density at radius 2 is 2.05 bits per heavy atom. The normalized spacial score (nSPS) is 17.8. The van der Waals surface area contributed by atoms with Crippen LogP contribution in [0, 0.1) is 12.8 Å². The van der Waals surface area contributed by atoms with Crippen LogP contribution in [0.5, 0.6) is 0 Å². The summed E-state index contributed by atoms with van der Waals surface area (Å²) >= 11 is 0. The third-order valence-electron chi connectivity index (χ3n) is 4.24. The van der Waals surface area contributed by atoms with Gasteiger partial charge in [0, 0.05) is 25.5 Å². The van der Waals surface area contributed by atoms with Gasteiger partial charge in [0.15, 0.2) is 0 Å². The number of aromatic nitrogens is 2. The van der Waals surface area contributed by atoms with Gasteiger partial charge in [-0.1, -0.05) is 26.2 Å². The average Bonchev–Trinajstić information content (AvgIpc) is 2.82. The lowest BCUT2D eigenvalue weighted by molar-refractivity contribution is -0.127. The van der Waals surface area contributed by atoms with Gasteiger partial charge in [-0.3, -0.25) is 4.79 Å². The van der Waals surface area contributed by atoms with E-state index in [9.17, 15) is 4.79 Å². The second-order valence-electron chi connectivity index (χ2n) is 6.16. The first-order valence-electron chi connectivity index (χ1n) is 7.56. The molecular weight excluding hydrogens is 323 g/mol. The van der Waals surface area contributed by atoms with Gasteiger partial charge in [0.25, 0.3) is 0 Å². The van der Waals surface area contributed by atoms with Crippen molar-refractivity contribution >= 4 is 30.7 Å². The molecule has 1 unspecified atom stereocenters. The molecule has 1 aliphatic rings. The molecule has 22 heavy (non-hydrogen) atoms. The van der Waals surface area contributed by atoms with Gasteiger partial charge in [-0.25, -0.2) is 4.98 Å². The van der Waals surface area contributed by atoms with Crippen LogP contribution in [0.4, 0.5) is 0 Å². The molecule has 7 heteroatoms. The highest BCUT2D eigenvalue weighted by molar-refractivity contribution is 5.86. The van der Waals surface area contributed by atoms with Crippen LogP contribution in [0.2, 0.25) is 0 Å². The molecule has 1 heterocycles. The van der Waals surface area contributed by atoms with E-state index < -0.39 is 5.54 Å². The molecule has 0 aliphatic heterocycles. The third-order valence-corrected chi connectivity index (χ3v) is 4.24. The van der Waals surface area contributed by atoms with E-state index in [0.717, 1.165) is 38.1 Å². The van der Waals surface area contributed by atoms with Crippen LogP contribution in [0.3, 0.4) is 0 Å². The molecular formula is C15H28Cl2N4O. The number of carbonyl (C=O) groups excluding carboxylic acids is 1. The number of rotatable bonds is 5. The first-order valence-corrected chi connectivity index (χ1v) is 7.56. The van der Waals surface area contributed by atoms with Crippen molar-refractivity contribution in [3.63, 3.8) is 0 Å². The van der Waals surface area contributed by atoms with Crippen LogP contribution in [-0.2, 0) is 11.3 Å². The summed E-state index contributed by atoms with van der Waals surface area (Å²) in [7, 11) is 0. The van der Waals surface area contributed by atoms with Crippen LogP contribution in [0.1, 0.15) is 44.9 Å². The standard InChI is InChI=1S/C15H26N4O.2ClH/c1-12(11-19-9-8-17-13(19)2)10-18-14(20)15(16)6-4-3-5-7-15;;/h8-9,12H,3-7,10-11,16H2,1-2H3,(H,18,20);2*1H. The predicted octanol–water partition coefficient (Wildman–Crippen LogP) is 2.45. The van der Waals surface area contributed by atoms with E-state index >= 15 is 0 Å². The molecule has 0 saturated heterocycles. The fourth-order valence-corrected chi connectivity index (χ4v) is 2.85. The number of aryl methyl sites for hydroxylation is 1. The van der Waals surface area contributed by atoms with Gasteiger partial charge in [-0.15, -0.1) is 24.8 Å². The van der Waals surface area contributed by atoms with Crippen LogP contribution < -0.4 is 11.1 Å². The van der Waals surface area contributed by atoms with E-state index in [1.165, 1.54) is 6.42 Å². The Labute approximate surface area is 145 Å². The maximum atomic E-state index is 12.2. The van der Waals surface area contributed by atoms with Gasteiger partial charge in [-0.05, 0) is 25.7 Å². The molecule has 0 aromatic carbocycles. The van der Waals surface area contributed by atoms with Crippen molar-refractivity contribution in [2.75, 3.05) is 6.54 Å². The summed E-state index contributed by atoms with van der Waals surface area (Å²) in [6.45, 7) is 5.64. The number of hydrogen-bond acceptors (Lipinski definition) is 3. The minimum Gasteiger partial charge on any atom is -0.354 e. The van der Waals surface area contributed by atoms with E-state index in [1.807, 2.05) is 13.1 Å². The number of imidazole rings is 1. The Bertz CT molecular complexity index is 458. The molecule has 1 aromatic heterocycles. The summed E-state index contributed by atoms with van der Waals surface area (Å²) in [6.07, 6.45) is 8.72. The molecule has 1 amide bonds. The van der Waals surface area contributed by atoms with Crippen molar-refractivity contribution in [2.45, 2.75) is 58.0 Å². The molecule has 1 aromatic rings. The van der Waals surface area contributed by atoms with Gasteiger partial charge in [-0.2, -0.15) is 0 Å². The van der Waals surface area contributed by atoms with Gasteiger partial charge in [0.1, 0.15) is 5.82 Å². The molecule has 2 rings (SSSR count). The molecule has 0 radical (unpaired) electrons. The summed E-state index contributed by atoms with van der Waals surface area (Å²) < 4.78 is 2.11. The number of hydrogen-bond donors (Lipinski definition) is 2. The highest BCUT2D eigenvalue weighted by Crippen LogP contribution is 2.25. The van der Waals surface area contributed by atoms with Gasteiger partial charge >= 0.3 is 0 Å². The van der Waals surface area contributed by atoms with Crippen molar-refractivity contribution < 1.29 is 4.79 Å². The van der Waals surface area contributed by atoms with Gasteiger partial charge in [0.05, 0.1) is 5.54 Å². The fraction of sp³-hybridized carbons (Fsp3) is 0.733. The quantitative estimate of drug-likeness (QED) is 0.856. The summed E-state index contributed by atoms with van der Waals surface area (Å²) in [5, 5.41) is 3.03. The molecule has 3 N–H and O–H groups in total. The van der Waals surface area contributed by atoms with Crippen LogP contribution in [0.25, 0.3) is 0 Å². The number of nitrogens with zero attached hydrogens (tertiary/aromatic N) is 2. The highest BCUT2D eigenvalue weighted by atomic mass is 35.5. The molecule has 128 valence electrons. The van der Waals surface area contributed by atoms with Crippen LogP contribution in [0.15, 0.2) is 12.4 Å². The zero-order chi connectivity index (χ0) is 14.6. The van der Waals surface area contributed by atoms with E-state index in [1.54, 1.807) is 6.20 Å². The second kappa shape index (κ2) is 9.38. The smallest absolute Gasteiger partial charge is 0.240 e. The molecule has 0 spiro atoms. The lowest BCUT2D eigenvalue weighted by atomic mass is 9.82. The van der Waals surface area contributed by atoms with E-state index in [-0.39, 0.29) is 30.7 Å². The van der Waals surface area contributed by atoms with Crippen molar-refractivity contribution in [2.24, 2.45) is 11.7 Å². The molecule has 0 bridgehead atoms. The van der Waals surface area contributed by atoms with Gasteiger partial charge < -0.3 is 15.6 Å². The van der Waals surface area contributed by atoms with E-state index in [0.29, 0.717) is 12.5 Å². The first kappa shape index (κ1) is 21.2. The number of halogens is 2. The number of nitrogens with one attached hydrogen (secondary N) is 1. The average molecular weight is 351 g/mol. The lowest BCUT2D eigenvalue weighted by Gasteiger charge is -2.32. The minimum atomic E-state index is -0.636. The Kier molecular flexibility index (Phi) is 9.05. The first-order chi connectivity index (χ1) is 9.51. The molecule has 1 fully saturated rings. The van der Waals surface area contributed by atoms with E-state index in [2.05, 4.69) is 21.8 Å². The zero-order valence-corrected chi connectivity index (χ0v) is 15.0. The maximum absolute atomic E-state index is 12.2. The second-order valence-corrected chi connectivity index (χ2v) is 6.16. The zero-order valence-electron chi connectivity index (χ0n) is 13.4. The molecule has 1 saturated carbocycles. The Balaban J connectivity index is 0.00000220. The van der Waals surface area contributed by atoms with Crippen LogP contribution in [-0.4, -0.2) is 27.5 Å². The SMILES string of the molecule is Cc1nccn1CC(C)CNC(=O)C1(N)CCCCC1.Cl.Cl. The number of carbonyl (C=O) groups is 1. The van der Waals surface area contributed by atoms with Crippen LogP contribution >= 0.6 is 24.8 Å². The Morgan fingerprint density at radius 3 is 2.59 bits per heavy atom. The maximum Gasteiger partial charge on any atom is 0.240 e. The summed E-state index contributed by atoms with van der Waals surface area (Å²) in [5.74, 6) is 1.39. The summed E-state index contributed by atoms with van der Waals surface area (Å²) in [5.41, 5.74) is 5.59. The highest BCUT2D eigenvalue weighted by Gasteiger charge is 2.35. The van der Waals surface area contributed by atoms with Crippen molar-refractivity contribution in [1.82, 2.24) is 14.9 Å². The number of nitrogens with two attached hydrogens (primary N) is 1. The third kappa shape index (κ3) is 5.45. The summed E-state index contributed by atoms with van der Waals surface area (Å²) in [6, 6.07) is 0. The van der Waals surface area contributed by atoms with Crippen molar-refractivity contribution in [3.8, 4) is 0 Å². The molecule has 1 aliphatic carbocycles. The van der Waals surface area contributed by atoms with E-state index in [4.69, 9.17) is 5.73 Å². The minimum absolute atomic E-state index is 0. The Hall–Kier alpha value is -0.780. The largest absolute Gasteiger partial charge is 0.354 e. The molecule has 1 atom stereocenters. The lowest BCUT2D eigenvalue weighted by Crippen LogP contribution is -2.55.